The van der Waals surface area contributed by atoms with Gasteiger partial charge in [0.15, 0.2) is 0 Å². The first-order chi connectivity index (χ1) is 8.10. The molecule has 0 aliphatic heterocycles. The zero-order chi connectivity index (χ0) is 14.0. The van der Waals surface area contributed by atoms with Gasteiger partial charge in [-0.05, 0) is 32.9 Å². The fraction of sp³-hybridized carbons (Fsp3) is 0.455. The van der Waals surface area contributed by atoms with Crippen LogP contribution in [-0.4, -0.2) is 20.5 Å². The Hall–Kier alpha value is -1.08. The van der Waals surface area contributed by atoms with Gasteiger partial charge in [-0.15, -0.1) is 0 Å². The highest BCUT2D eigenvalue weighted by atomic mass is 32.2. The van der Waals surface area contributed by atoms with E-state index in [4.69, 9.17) is 0 Å². The van der Waals surface area contributed by atoms with Crippen molar-refractivity contribution < 1.29 is 17.7 Å². The average Bonchev–Trinajstić information content (AvgIpc) is 2.24. The lowest BCUT2D eigenvalue weighted by atomic mass is 10.2. The molecule has 1 aromatic heterocycles. The normalized spacial score (nSPS) is 15.1. The van der Waals surface area contributed by atoms with Gasteiger partial charge in [-0.3, -0.25) is 4.98 Å². The van der Waals surface area contributed by atoms with Crippen LogP contribution in [0.15, 0.2) is 22.7 Å². The summed E-state index contributed by atoms with van der Waals surface area (Å²) < 4.78 is 51.6. The van der Waals surface area contributed by atoms with Crippen molar-refractivity contribution in [3.8, 4) is 0 Å². The van der Waals surface area contributed by atoms with Gasteiger partial charge in [0, 0.05) is 6.20 Å². The second kappa shape index (κ2) is 5.27. The molecule has 1 rings (SSSR count). The van der Waals surface area contributed by atoms with Gasteiger partial charge in [0.1, 0.15) is 22.3 Å². The van der Waals surface area contributed by atoms with Gasteiger partial charge in [-0.1, -0.05) is 4.40 Å². The first kappa shape index (κ1) is 15.0. The molecule has 1 heterocycles. The summed E-state index contributed by atoms with van der Waals surface area (Å²) in [5.74, 6) is 0. The molecule has 0 N–H and O–H groups in total. The summed E-state index contributed by atoms with van der Waals surface area (Å²) in [6, 6.07) is 2.10. The van der Waals surface area contributed by atoms with Crippen LogP contribution in [-0.2, 0) is 17.5 Å². The fourth-order valence-electron chi connectivity index (χ4n) is 0.909. The smallest absolute Gasteiger partial charge is 0.417 e. The molecule has 0 aliphatic rings. The minimum Gasteiger partial charge on any atom is -0.591 e. The standard InChI is InChI=1S/C11H13F3N2OS/c1-10(2,3)18(17)16-7-9-5-4-8(6-15-9)11(12,13)14/h4-7H,1-3H3. The highest BCUT2D eigenvalue weighted by Crippen LogP contribution is 2.28. The van der Waals surface area contributed by atoms with E-state index in [0.717, 1.165) is 12.3 Å². The maximum atomic E-state index is 12.3. The van der Waals surface area contributed by atoms with E-state index in [2.05, 4.69) is 9.38 Å². The molecule has 0 fully saturated rings. The average molecular weight is 278 g/mol. The van der Waals surface area contributed by atoms with Gasteiger partial charge >= 0.3 is 6.18 Å². The van der Waals surface area contributed by atoms with E-state index < -0.39 is 27.8 Å². The Labute approximate surface area is 106 Å². The largest absolute Gasteiger partial charge is 0.591 e. The SMILES string of the molecule is CC(C)(C)[S+]([O-])N=Cc1ccc(C(F)(F)F)cn1. The Morgan fingerprint density at radius 2 is 1.89 bits per heavy atom. The Morgan fingerprint density at radius 1 is 1.28 bits per heavy atom. The van der Waals surface area contributed by atoms with E-state index >= 15 is 0 Å². The lowest BCUT2D eigenvalue weighted by Gasteiger charge is -2.17. The van der Waals surface area contributed by atoms with Gasteiger partial charge in [-0.25, -0.2) is 0 Å². The molecule has 1 aromatic rings. The minimum atomic E-state index is -4.41. The van der Waals surface area contributed by atoms with Crippen molar-refractivity contribution in [3.63, 3.8) is 0 Å². The van der Waals surface area contributed by atoms with Crippen LogP contribution in [0.5, 0.6) is 0 Å². The second-order valence-corrected chi connectivity index (χ2v) is 6.50. The zero-order valence-corrected chi connectivity index (χ0v) is 11.0. The summed E-state index contributed by atoms with van der Waals surface area (Å²) in [7, 11) is 0. The maximum absolute atomic E-state index is 12.3. The molecule has 0 saturated carbocycles. The maximum Gasteiger partial charge on any atom is 0.417 e. The van der Waals surface area contributed by atoms with Crippen molar-refractivity contribution >= 4 is 17.6 Å². The number of hydrogen-bond donors (Lipinski definition) is 0. The third-order valence-corrected chi connectivity index (χ3v) is 3.26. The second-order valence-electron chi connectivity index (χ2n) is 4.57. The van der Waals surface area contributed by atoms with Crippen molar-refractivity contribution in [3.05, 3.63) is 29.6 Å². The van der Waals surface area contributed by atoms with Crippen molar-refractivity contribution in [1.29, 1.82) is 0 Å². The summed E-state index contributed by atoms with van der Waals surface area (Å²) in [5.41, 5.74) is -0.586. The molecule has 0 saturated heterocycles. The number of hydrogen-bond acceptors (Lipinski definition) is 3. The van der Waals surface area contributed by atoms with Crippen molar-refractivity contribution in [2.24, 2.45) is 4.40 Å². The topological polar surface area (TPSA) is 48.3 Å². The summed E-state index contributed by atoms with van der Waals surface area (Å²) in [6.45, 7) is 5.25. The quantitative estimate of drug-likeness (QED) is 0.617. The molecule has 0 aliphatic carbocycles. The Kier molecular flexibility index (Phi) is 4.39. The van der Waals surface area contributed by atoms with E-state index in [9.17, 15) is 17.7 Å². The molecular weight excluding hydrogens is 265 g/mol. The van der Waals surface area contributed by atoms with E-state index in [1.165, 1.54) is 12.3 Å². The summed E-state index contributed by atoms with van der Waals surface area (Å²) in [4.78, 5) is 3.60. The Balaban J connectivity index is 2.79. The zero-order valence-electron chi connectivity index (χ0n) is 10.2. The van der Waals surface area contributed by atoms with Gasteiger partial charge < -0.3 is 4.55 Å². The molecule has 0 bridgehead atoms. The Bertz CT molecular complexity index is 423. The summed E-state index contributed by atoms with van der Waals surface area (Å²) >= 11 is -1.45. The number of halogens is 3. The first-order valence-corrected chi connectivity index (χ1v) is 6.21. The van der Waals surface area contributed by atoms with Crippen LogP contribution in [0, 0.1) is 0 Å². The molecule has 0 spiro atoms. The van der Waals surface area contributed by atoms with E-state index in [1.807, 2.05) is 0 Å². The van der Waals surface area contributed by atoms with Crippen molar-refractivity contribution in [1.82, 2.24) is 4.98 Å². The molecule has 3 nitrogen and oxygen atoms in total. The first-order valence-electron chi connectivity index (χ1n) is 5.10. The van der Waals surface area contributed by atoms with Crippen molar-refractivity contribution in [2.75, 3.05) is 0 Å². The number of alkyl halides is 3. The fourth-order valence-corrected chi connectivity index (χ4v) is 1.43. The van der Waals surface area contributed by atoms with Crippen LogP contribution >= 0.6 is 0 Å². The van der Waals surface area contributed by atoms with Gasteiger partial charge in [0.2, 0.25) is 0 Å². The Morgan fingerprint density at radius 3 is 2.28 bits per heavy atom. The number of aromatic nitrogens is 1. The molecule has 0 radical (unpaired) electrons. The predicted octanol–water partition coefficient (Wildman–Crippen LogP) is 2.98. The number of pyridine rings is 1. The highest BCUT2D eigenvalue weighted by Gasteiger charge is 2.30. The van der Waals surface area contributed by atoms with Crippen LogP contribution in [0.1, 0.15) is 32.0 Å². The van der Waals surface area contributed by atoms with E-state index in [-0.39, 0.29) is 5.69 Å². The van der Waals surface area contributed by atoms with Crippen LogP contribution in [0.3, 0.4) is 0 Å². The van der Waals surface area contributed by atoms with E-state index in [0.29, 0.717) is 0 Å². The third-order valence-electron chi connectivity index (χ3n) is 1.92. The molecule has 18 heavy (non-hydrogen) atoms. The van der Waals surface area contributed by atoms with Crippen LogP contribution in [0.2, 0.25) is 0 Å². The molecule has 1 unspecified atom stereocenters. The minimum absolute atomic E-state index is 0.237. The molecular formula is C11H13F3N2OS. The van der Waals surface area contributed by atoms with Gasteiger partial charge in [-0.2, -0.15) is 13.2 Å². The summed E-state index contributed by atoms with van der Waals surface area (Å²) in [6.07, 6.45) is -2.47. The predicted molar refractivity (Wildman–Crippen MR) is 64.7 cm³/mol. The molecule has 0 amide bonds. The molecule has 7 heteroatoms. The highest BCUT2D eigenvalue weighted by molar-refractivity contribution is 7.91. The van der Waals surface area contributed by atoms with Crippen LogP contribution in [0.4, 0.5) is 13.2 Å². The van der Waals surface area contributed by atoms with Crippen molar-refractivity contribution in [2.45, 2.75) is 31.7 Å². The molecule has 100 valence electrons. The van der Waals surface area contributed by atoms with Gasteiger partial charge in [0.05, 0.1) is 11.3 Å². The van der Waals surface area contributed by atoms with Crippen LogP contribution in [0.25, 0.3) is 0 Å². The summed E-state index contributed by atoms with van der Waals surface area (Å²) in [5, 5.41) is 0. The lowest BCUT2D eigenvalue weighted by molar-refractivity contribution is -0.137. The monoisotopic (exact) mass is 278 g/mol. The lowest BCUT2D eigenvalue weighted by Crippen LogP contribution is -2.25. The van der Waals surface area contributed by atoms with E-state index in [1.54, 1.807) is 20.8 Å². The van der Waals surface area contributed by atoms with Crippen LogP contribution < -0.4 is 0 Å². The third kappa shape index (κ3) is 4.30. The molecule has 0 aromatic carbocycles. The van der Waals surface area contributed by atoms with Gasteiger partial charge in [0.25, 0.3) is 0 Å². The number of rotatable bonds is 2. The number of nitrogens with zero attached hydrogens (tertiary/aromatic N) is 2. The molecule has 1 atom stereocenters.